The lowest BCUT2D eigenvalue weighted by Crippen LogP contribution is -2.45. The van der Waals surface area contributed by atoms with Crippen LogP contribution in [-0.4, -0.2) is 43.0 Å². The van der Waals surface area contributed by atoms with Crippen molar-refractivity contribution in [1.29, 1.82) is 0 Å². The maximum absolute atomic E-state index is 12.2. The number of hydrogen-bond acceptors (Lipinski definition) is 6. The third-order valence-corrected chi connectivity index (χ3v) is 4.36. The average molecular weight is 374 g/mol. The van der Waals surface area contributed by atoms with Crippen LogP contribution in [-0.2, 0) is 11.3 Å². The fourth-order valence-corrected chi connectivity index (χ4v) is 2.97. The SMILES string of the molecule is C=CCn1c(S[C@H](C)C(=O)NC(=O)NC(C)C)nnc1-c1ccncc1. The topological polar surface area (TPSA) is 102 Å². The summed E-state index contributed by atoms with van der Waals surface area (Å²) >= 11 is 1.23. The van der Waals surface area contributed by atoms with Crippen LogP contribution in [0.2, 0.25) is 0 Å². The minimum absolute atomic E-state index is 0.0515. The number of aromatic nitrogens is 4. The van der Waals surface area contributed by atoms with Crippen LogP contribution in [0.1, 0.15) is 20.8 Å². The normalized spacial score (nSPS) is 11.8. The Kier molecular flexibility index (Phi) is 6.90. The molecule has 3 amide bonds. The van der Waals surface area contributed by atoms with Crippen molar-refractivity contribution in [3.8, 4) is 11.4 Å². The molecule has 2 N–H and O–H groups in total. The molecule has 0 aliphatic rings. The second kappa shape index (κ2) is 9.14. The summed E-state index contributed by atoms with van der Waals surface area (Å²) in [4.78, 5) is 27.9. The highest BCUT2D eigenvalue weighted by Crippen LogP contribution is 2.26. The molecule has 0 unspecified atom stereocenters. The summed E-state index contributed by atoms with van der Waals surface area (Å²) in [6, 6.07) is 3.11. The van der Waals surface area contributed by atoms with Gasteiger partial charge in [-0.1, -0.05) is 17.8 Å². The zero-order chi connectivity index (χ0) is 19.1. The average Bonchev–Trinajstić information content (AvgIpc) is 2.97. The van der Waals surface area contributed by atoms with E-state index in [1.54, 1.807) is 25.4 Å². The predicted octanol–water partition coefficient (Wildman–Crippen LogP) is 2.24. The molecule has 9 heteroatoms. The van der Waals surface area contributed by atoms with Crippen LogP contribution >= 0.6 is 11.8 Å². The third-order valence-electron chi connectivity index (χ3n) is 3.27. The number of carbonyl (C=O) groups excluding carboxylic acids is 2. The molecule has 0 aromatic carbocycles. The molecule has 0 saturated carbocycles. The number of allylic oxidation sites excluding steroid dienone is 1. The summed E-state index contributed by atoms with van der Waals surface area (Å²) in [5.41, 5.74) is 0.870. The number of amides is 3. The van der Waals surface area contributed by atoms with Gasteiger partial charge in [0.2, 0.25) is 5.91 Å². The van der Waals surface area contributed by atoms with Crippen molar-refractivity contribution in [1.82, 2.24) is 30.4 Å². The molecule has 2 aromatic heterocycles. The third kappa shape index (κ3) is 5.16. The second-order valence-corrected chi connectivity index (χ2v) is 7.13. The molecule has 1 atom stereocenters. The van der Waals surface area contributed by atoms with Crippen molar-refractivity contribution in [3.05, 3.63) is 37.2 Å². The van der Waals surface area contributed by atoms with Gasteiger partial charge in [-0.05, 0) is 32.9 Å². The van der Waals surface area contributed by atoms with E-state index >= 15 is 0 Å². The largest absolute Gasteiger partial charge is 0.336 e. The number of rotatable bonds is 7. The van der Waals surface area contributed by atoms with Crippen LogP contribution in [0, 0.1) is 0 Å². The minimum atomic E-state index is -0.522. The first-order valence-corrected chi connectivity index (χ1v) is 9.02. The van der Waals surface area contributed by atoms with Crippen molar-refractivity contribution in [2.75, 3.05) is 0 Å². The van der Waals surface area contributed by atoms with E-state index < -0.39 is 17.2 Å². The van der Waals surface area contributed by atoms with E-state index in [2.05, 4.69) is 32.4 Å². The Morgan fingerprint density at radius 3 is 2.58 bits per heavy atom. The highest BCUT2D eigenvalue weighted by Gasteiger charge is 2.22. The summed E-state index contributed by atoms with van der Waals surface area (Å²) < 4.78 is 1.87. The number of thioether (sulfide) groups is 1. The van der Waals surface area contributed by atoms with Gasteiger partial charge in [-0.2, -0.15) is 0 Å². The smallest absolute Gasteiger partial charge is 0.321 e. The first-order chi connectivity index (χ1) is 12.4. The Labute approximate surface area is 156 Å². The number of nitrogens with one attached hydrogen (secondary N) is 2. The molecule has 0 bridgehead atoms. The molecule has 0 fully saturated rings. The summed E-state index contributed by atoms with van der Waals surface area (Å²) in [5, 5.41) is 13.4. The van der Waals surface area contributed by atoms with Gasteiger partial charge in [0.25, 0.3) is 0 Å². The van der Waals surface area contributed by atoms with Gasteiger partial charge < -0.3 is 5.32 Å². The molecule has 2 rings (SSSR count). The maximum Gasteiger partial charge on any atom is 0.321 e. The van der Waals surface area contributed by atoms with Crippen LogP contribution in [0.15, 0.2) is 42.3 Å². The summed E-state index contributed by atoms with van der Waals surface area (Å²) in [6.45, 7) is 9.61. The molecule has 2 heterocycles. The van der Waals surface area contributed by atoms with Crippen LogP contribution in [0.3, 0.4) is 0 Å². The fraction of sp³-hybridized carbons (Fsp3) is 0.353. The van der Waals surface area contributed by atoms with Gasteiger partial charge in [0.15, 0.2) is 11.0 Å². The molecule has 0 saturated heterocycles. The van der Waals surface area contributed by atoms with E-state index in [9.17, 15) is 9.59 Å². The first-order valence-electron chi connectivity index (χ1n) is 8.15. The molecule has 0 aliphatic carbocycles. The molecular formula is C17H22N6O2S. The zero-order valence-electron chi connectivity index (χ0n) is 15.0. The Morgan fingerprint density at radius 1 is 1.27 bits per heavy atom. The Morgan fingerprint density at radius 2 is 1.96 bits per heavy atom. The van der Waals surface area contributed by atoms with Gasteiger partial charge in [-0.15, -0.1) is 16.8 Å². The van der Waals surface area contributed by atoms with Crippen molar-refractivity contribution >= 4 is 23.7 Å². The van der Waals surface area contributed by atoms with E-state index in [0.717, 1.165) is 5.56 Å². The van der Waals surface area contributed by atoms with E-state index in [0.29, 0.717) is 17.5 Å². The van der Waals surface area contributed by atoms with Crippen molar-refractivity contribution in [2.45, 2.75) is 43.8 Å². The van der Waals surface area contributed by atoms with Crippen LogP contribution in [0.5, 0.6) is 0 Å². The van der Waals surface area contributed by atoms with E-state index in [-0.39, 0.29) is 6.04 Å². The zero-order valence-corrected chi connectivity index (χ0v) is 15.8. The summed E-state index contributed by atoms with van der Waals surface area (Å²) in [7, 11) is 0. The van der Waals surface area contributed by atoms with Gasteiger partial charge in [0, 0.05) is 30.5 Å². The molecule has 0 radical (unpaired) electrons. The molecule has 138 valence electrons. The fourth-order valence-electron chi connectivity index (χ4n) is 2.11. The van der Waals surface area contributed by atoms with Crippen LogP contribution in [0.4, 0.5) is 4.79 Å². The number of nitrogens with zero attached hydrogens (tertiary/aromatic N) is 4. The highest BCUT2D eigenvalue weighted by atomic mass is 32.2. The molecular weight excluding hydrogens is 352 g/mol. The molecule has 26 heavy (non-hydrogen) atoms. The second-order valence-electron chi connectivity index (χ2n) is 5.82. The van der Waals surface area contributed by atoms with Crippen molar-refractivity contribution in [2.24, 2.45) is 0 Å². The summed E-state index contributed by atoms with van der Waals surface area (Å²) in [5.74, 6) is 0.270. The van der Waals surface area contributed by atoms with Crippen LogP contribution in [0.25, 0.3) is 11.4 Å². The lowest BCUT2D eigenvalue weighted by molar-refractivity contribution is -0.119. The van der Waals surface area contributed by atoms with Crippen molar-refractivity contribution in [3.63, 3.8) is 0 Å². The molecule has 0 spiro atoms. The Bertz CT molecular complexity index is 775. The standard InChI is InChI=1S/C17H22N6O2S/c1-5-10-23-14(13-6-8-18-9-7-13)21-22-17(23)26-12(4)15(24)20-16(25)19-11(2)3/h5-9,11-12H,1,10H2,2-4H3,(H2,19,20,24,25)/t12-/m1/s1. The van der Waals surface area contributed by atoms with Gasteiger partial charge in [0.1, 0.15) is 0 Å². The number of urea groups is 1. The van der Waals surface area contributed by atoms with Gasteiger partial charge in [-0.25, -0.2) is 4.79 Å². The number of carbonyl (C=O) groups is 2. The van der Waals surface area contributed by atoms with E-state index in [1.165, 1.54) is 11.8 Å². The first kappa shape index (κ1) is 19.6. The van der Waals surface area contributed by atoms with Crippen molar-refractivity contribution < 1.29 is 9.59 Å². The number of hydrogen-bond donors (Lipinski definition) is 2. The number of imide groups is 1. The Hall–Kier alpha value is -2.68. The molecule has 2 aromatic rings. The lowest BCUT2D eigenvalue weighted by Gasteiger charge is -2.13. The molecule has 8 nitrogen and oxygen atoms in total. The monoisotopic (exact) mass is 374 g/mol. The predicted molar refractivity (Wildman–Crippen MR) is 101 cm³/mol. The van der Waals surface area contributed by atoms with Gasteiger partial charge >= 0.3 is 6.03 Å². The van der Waals surface area contributed by atoms with Gasteiger partial charge in [0.05, 0.1) is 5.25 Å². The van der Waals surface area contributed by atoms with E-state index in [4.69, 9.17) is 0 Å². The molecule has 0 aliphatic heterocycles. The quantitative estimate of drug-likeness (QED) is 0.569. The Balaban J connectivity index is 2.13. The number of pyridine rings is 1. The van der Waals surface area contributed by atoms with Crippen LogP contribution < -0.4 is 10.6 Å². The lowest BCUT2D eigenvalue weighted by atomic mass is 10.2. The van der Waals surface area contributed by atoms with Gasteiger partial charge in [-0.3, -0.25) is 19.7 Å². The van der Waals surface area contributed by atoms with E-state index in [1.807, 2.05) is 30.5 Å². The maximum atomic E-state index is 12.2. The minimum Gasteiger partial charge on any atom is -0.336 e. The highest BCUT2D eigenvalue weighted by molar-refractivity contribution is 8.00. The summed E-state index contributed by atoms with van der Waals surface area (Å²) in [6.07, 6.45) is 5.09.